The summed E-state index contributed by atoms with van der Waals surface area (Å²) in [6.45, 7) is 5.66. The van der Waals surface area contributed by atoms with E-state index in [2.05, 4.69) is 10.6 Å². The number of carbonyl (C=O) groups excluding carboxylic acids is 1. The number of nitro benzene ring substituents is 1. The summed E-state index contributed by atoms with van der Waals surface area (Å²) in [5.74, 6) is -0.536. The SMILES string of the molecule is CC(C)(C)NC(=S)NC(=O)c1ccc(Cl)c([N+](=O)[O-])c1. The van der Waals surface area contributed by atoms with Crippen LogP contribution >= 0.6 is 23.8 Å². The van der Waals surface area contributed by atoms with Gasteiger partial charge in [-0.2, -0.15) is 0 Å². The third kappa shape index (κ3) is 4.75. The van der Waals surface area contributed by atoms with Gasteiger partial charge in [-0.3, -0.25) is 20.2 Å². The maximum atomic E-state index is 11.9. The van der Waals surface area contributed by atoms with E-state index in [9.17, 15) is 14.9 Å². The Labute approximate surface area is 126 Å². The van der Waals surface area contributed by atoms with E-state index in [1.165, 1.54) is 12.1 Å². The van der Waals surface area contributed by atoms with Gasteiger partial charge in [-0.15, -0.1) is 0 Å². The average molecular weight is 316 g/mol. The van der Waals surface area contributed by atoms with Crippen LogP contribution in [0.15, 0.2) is 18.2 Å². The van der Waals surface area contributed by atoms with E-state index in [1.54, 1.807) is 0 Å². The summed E-state index contributed by atoms with van der Waals surface area (Å²) in [7, 11) is 0. The summed E-state index contributed by atoms with van der Waals surface area (Å²) in [6, 6.07) is 3.80. The molecule has 2 N–H and O–H groups in total. The van der Waals surface area contributed by atoms with E-state index in [0.29, 0.717) is 0 Å². The lowest BCUT2D eigenvalue weighted by atomic mass is 10.1. The Morgan fingerprint density at radius 3 is 2.50 bits per heavy atom. The fraction of sp³-hybridized carbons (Fsp3) is 0.333. The first-order valence-corrected chi connectivity index (χ1v) is 6.46. The molecule has 20 heavy (non-hydrogen) atoms. The molecule has 1 aromatic carbocycles. The van der Waals surface area contributed by atoms with Crippen LogP contribution in [0.25, 0.3) is 0 Å². The number of carbonyl (C=O) groups is 1. The van der Waals surface area contributed by atoms with Gasteiger partial charge in [0.2, 0.25) is 0 Å². The predicted octanol–water partition coefficient (Wildman–Crippen LogP) is 2.65. The molecule has 1 amide bonds. The molecule has 0 saturated heterocycles. The number of nitrogens with one attached hydrogen (secondary N) is 2. The third-order valence-electron chi connectivity index (χ3n) is 2.12. The zero-order valence-corrected chi connectivity index (χ0v) is 12.8. The average Bonchev–Trinajstić information content (AvgIpc) is 2.26. The first-order chi connectivity index (χ1) is 9.10. The Balaban J connectivity index is 2.86. The highest BCUT2D eigenvalue weighted by molar-refractivity contribution is 7.80. The molecule has 0 aliphatic rings. The van der Waals surface area contributed by atoms with Gasteiger partial charge in [0.15, 0.2) is 5.11 Å². The smallest absolute Gasteiger partial charge is 0.288 e. The molecule has 0 unspecified atom stereocenters. The van der Waals surface area contributed by atoms with Crippen molar-refractivity contribution in [3.05, 3.63) is 38.9 Å². The second-order valence-corrected chi connectivity index (χ2v) is 5.90. The van der Waals surface area contributed by atoms with Crippen molar-refractivity contribution in [3.63, 3.8) is 0 Å². The highest BCUT2D eigenvalue weighted by Gasteiger charge is 2.18. The maximum Gasteiger partial charge on any atom is 0.288 e. The van der Waals surface area contributed by atoms with E-state index in [1.807, 2.05) is 20.8 Å². The monoisotopic (exact) mass is 315 g/mol. The highest BCUT2D eigenvalue weighted by Crippen LogP contribution is 2.24. The molecular formula is C12H14ClN3O3S. The number of nitro groups is 1. The molecule has 0 bridgehead atoms. The maximum absolute atomic E-state index is 11.9. The normalized spacial score (nSPS) is 10.8. The van der Waals surface area contributed by atoms with Crippen LogP contribution < -0.4 is 10.6 Å². The number of amides is 1. The Morgan fingerprint density at radius 1 is 1.40 bits per heavy atom. The van der Waals surface area contributed by atoms with E-state index in [0.717, 1.165) is 6.07 Å². The zero-order valence-electron chi connectivity index (χ0n) is 11.2. The van der Waals surface area contributed by atoms with Gasteiger partial charge in [0.1, 0.15) is 5.02 Å². The number of benzene rings is 1. The molecule has 0 radical (unpaired) electrons. The Morgan fingerprint density at radius 2 is 2.00 bits per heavy atom. The summed E-state index contributed by atoms with van der Waals surface area (Å²) >= 11 is 10.7. The molecule has 0 fully saturated rings. The molecule has 1 aromatic rings. The molecule has 0 aliphatic carbocycles. The second-order valence-electron chi connectivity index (χ2n) is 5.08. The number of rotatable bonds is 2. The quantitative estimate of drug-likeness (QED) is 0.498. The summed E-state index contributed by atoms with van der Waals surface area (Å²) in [5.41, 5.74) is -0.510. The lowest BCUT2D eigenvalue weighted by molar-refractivity contribution is -0.384. The first kappa shape index (κ1) is 16.3. The van der Waals surface area contributed by atoms with Crippen molar-refractivity contribution in [1.82, 2.24) is 10.6 Å². The number of thiocarbonyl (C=S) groups is 1. The molecule has 8 heteroatoms. The molecule has 0 atom stereocenters. The molecule has 108 valence electrons. The zero-order chi connectivity index (χ0) is 15.5. The molecule has 0 saturated carbocycles. The first-order valence-electron chi connectivity index (χ1n) is 5.67. The highest BCUT2D eigenvalue weighted by atomic mass is 35.5. The summed E-state index contributed by atoms with van der Waals surface area (Å²) in [4.78, 5) is 22.0. The van der Waals surface area contributed by atoms with Gasteiger partial charge in [-0.25, -0.2) is 0 Å². The minimum Gasteiger partial charge on any atom is -0.358 e. The standard InChI is InChI=1S/C12H14ClN3O3S/c1-12(2,3)15-11(20)14-10(17)7-4-5-8(13)9(6-7)16(18)19/h4-6H,1-3H3,(H2,14,15,17,20). The lowest BCUT2D eigenvalue weighted by Gasteiger charge is -2.22. The molecule has 1 rings (SSSR count). The van der Waals surface area contributed by atoms with Gasteiger partial charge in [-0.1, -0.05) is 11.6 Å². The van der Waals surface area contributed by atoms with Crippen LogP contribution in [0.1, 0.15) is 31.1 Å². The minimum atomic E-state index is -0.648. The van der Waals surface area contributed by atoms with E-state index < -0.39 is 10.8 Å². The largest absolute Gasteiger partial charge is 0.358 e. The van der Waals surface area contributed by atoms with Gasteiger partial charge in [0.05, 0.1) is 4.92 Å². The number of hydrogen-bond donors (Lipinski definition) is 2. The van der Waals surface area contributed by atoms with Crippen LogP contribution in [0, 0.1) is 10.1 Å². The molecule has 0 spiro atoms. The summed E-state index contributed by atoms with van der Waals surface area (Å²) in [5, 5.41) is 16.2. The van der Waals surface area contributed by atoms with Crippen LogP contribution in [0.2, 0.25) is 5.02 Å². The van der Waals surface area contributed by atoms with E-state index >= 15 is 0 Å². The van der Waals surface area contributed by atoms with Gasteiger partial charge < -0.3 is 5.32 Å². The Hall–Kier alpha value is -1.73. The fourth-order valence-electron chi connectivity index (χ4n) is 1.34. The Kier molecular flexibility index (Phi) is 5.02. The molecular weight excluding hydrogens is 302 g/mol. The molecule has 0 aromatic heterocycles. The van der Waals surface area contributed by atoms with Crippen molar-refractivity contribution in [2.24, 2.45) is 0 Å². The number of nitrogens with zero attached hydrogens (tertiary/aromatic N) is 1. The van der Waals surface area contributed by atoms with Gasteiger partial charge in [-0.05, 0) is 45.1 Å². The topological polar surface area (TPSA) is 84.3 Å². The molecule has 0 heterocycles. The van der Waals surface area contributed by atoms with Gasteiger partial charge >= 0.3 is 0 Å². The molecule has 0 aliphatic heterocycles. The van der Waals surface area contributed by atoms with Crippen LogP contribution in [0.4, 0.5) is 5.69 Å². The van der Waals surface area contributed by atoms with Crippen molar-refractivity contribution in [3.8, 4) is 0 Å². The number of halogens is 1. The van der Waals surface area contributed by atoms with Crippen molar-refractivity contribution < 1.29 is 9.72 Å². The summed E-state index contributed by atoms with van der Waals surface area (Å²) in [6.07, 6.45) is 0. The van der Waals surface area contributed by atoms with Crippen molar-refractivity contribution in [2.75, 3.05) is 0 Å². The van der Waals surface area contributed by atoms with Crippen molar-refractivity contribution in [1.29, 1.82) is 0 Å². The van der Waals surface area contributed by atoms with Crippen LogP contribution in [-0.4, -0.2) is 21.5 Å². The Bertz CT molecular complexity index is 570. The predicted molar refractivity (Wildman–Crippen MR) is 81.1 cm³/mol. The van der Waals surface area contributed by atoms with Crippen molar-refractivity contribution in [2.45, 2.75) is 26.3 Å². The van der Waals surface area contributed by atoms with Crippen LogP contribution in [0.3, 0.4) is 0 Å². The van der Waals surface area contributed by atoms with Gasteiger partial charge in [0, 0.05) is 17.2 Å². The van der Waals surface area contributed by atoms with Gasteiger partial charge in [0.25, 0.3) is 11.6 Å². The minimum absolute atomic E-state index is 0.0260. The summed E-state index contributed by atoms with van der Waals surface area (Å²) < 4.78 is 0. The third-order valence-corrected chi connectivity index (χ3v) is 2.64. The van der Waals surface area contributed by atoms with E-state index in [-0.39, 0.29) is 26.9 Å². The van der Waals surface area contributed by atoms with E-state index in [4.69, 9.17) is 23.8 Å². The molecule has 6 nitrogen and oxygen atoms in total. The second kappa shape index (κ2) is 6.15. The van der Waals surface area contributed by atoms with Crippen LogP contribution in [-0.2, 0) is 0 Å². The fourth-order valence-corrected chi connectivity index (χ4v) is 1.93. The van der Waals surface area contributed by atoms with Crippen LogP contribution in [0.5, 0.6) is 0 Å². The van der Waals surface area contributed by atoms with Crippen molar-refractivity contribution >= 4 is 40.5 Å². The number of hydrogen-bond acceptors (Lipinski definition) is 4. The lowest BCUT2D eigenvalue weighted by Crippen LogP contribution is -2.48.